The minimum atomic E-state index is 0.401. The number of hydrogen-bond acceptors (Lipinski definition) is 4. The summed E-state index contributed by atoms with van der Waals surface area (Å²) < 4.78 is 5.45. The molecule has 0 saturated carbocycles. The Morgan fingerprint density at radius 3 is 2.68 bits per heavy atom. The number of ether oxygens (including phenoxy) is 1. The summed E-state index contributed by atoms with van der Waals surface area (Å²) in [6.45, 7) is 1.98. The lowest BCUT2D eigenvalue weighted by molar-refractivity contribution is 0.411. The second-order valence-corrected chi connectivity index (χ2v) is 5.82. The van der Waals surface area contributed by atoms with E-state index >= 15 is 0 Å². The molecular weight excluding hydrogens is 298 g/mol. The summed E-state index contributed by atoms with van der Waals surface area (Å²) in [5.74, 6) is 1.71. The van der Waals surface area contributed by atoms with E-state index in [4.69, 9.17) is 16.3 Å². The average Bonchev–Trinajstić information content (AvgIpc) is 2.58. The fraction of sp³-hybridized carbons (Fsp3) is 0.353. The van der Waals surface area contributed by atoms with Crippen LogP contribution in [0.5, 0.6) is 5.75 Å². The van der Waals surface area contributed by atoms with E-state index in [1.54, 1.807) is 13.3 Å². The first-order valence-electron chi connectivity index (χ1n) is 7.53. The number of rotatable bonds is 4. The van der Waals surface area contributed by atoms with E-state index in [1.165, 1.54) is 5.69 Å². The minimum absolute atomic E-state index is 0.401. The molecule has 4 nitrogen and oxygen atoms in total. The van der Waals surface area contributed by atoms with Crippen LogP contribution in [0.25, 0.3) is 0 Å². The highest BCUT2D eigenvalue weighted by Crippen LogP contribution is 2.30. The lowest BCUT2D eigenvalue weighted by atomic mass is 10.0. The van der Waals surface area contributed by atoms with Gasteiger partial charge in [0.1, 0.15) is 11.6 Å². The van der Waals surface area contributed by atoms with E-state index in [0.29, 0.717) is 11.1 Å². The average molecular weight is 318 g/mol. The SMILES string of the molecule is COc1ccccc1N1CCC(Nc2ncccc2Cl)CC1. The van der Waals surface area contributed by atoms with Crippen LogP contribution in [0.4, 0.5) is 11.5 Å². The summed E-state index contributed by atoms with van der Waals surface area (Å²) >= 11 is 6.16. The molecule has 116 valence electrons. The standard InChI is InChI=1S/C17H20ClN3O/c1-22-16-7-3-2-6-15(16)21-11-8-13(9-12-21)20-17-14(18)5-4-10-19-17/h2-7,10,13H,8-9,11-12H2,1H3,(H,19,20). The molecule has 2 heterocycles. The molecule has 1 aromatic carbocycles. The second kappa shape index (κ2) is 6.88. The maximum absolute atomic E-state index is 6.16. The molecule has 0 aliphatic carbocycles. The zero-order chi connectivity index (χ0) is 15.4. The number of nitrogens with zero attached hydrogens (tertiary/aromatic N) is 2. The number of aromatic nitrogens is 1. The maximum atomic E-state index is 6.16. The smallest absolute Gasteiger partial charge is 0.144 e. The highest BCUT2D eigenvalue weighted by molar-refractivity contribution is 6.32. The van der Waals surface area contributed by atoms with Crippen LogP contribution in [0.1, 0.15) is 12.8 Å². The van der Waals surface area contributed by atoms with Crippen LogP contribution in [-0.2, 0) is 0 Å². The van der Waals surface area contributed by atoms with Crippen LogP contribution in [0.2, 0.25) is 5.02 Å². The number of halogens is 1. The van der Waals surface area contributed by atoms with Gasteiger partial charge in [-0.1, -0.05) is 23.7 Å². The first kappa shape index (κ1) is 15.0. The van der Waals surface area contributed by atoms with Crippen molar-refractivity contribution in [2.75, 3.05) is 30.4 Å². The van der Waals surface area contributed by atoms with E-state index in [2.05, 4.69) is 27.3 Å². The van der Waals surface area contributed by atoms with Crippen molar-refractivity contribution in [3.8, 4) is 5.75 Å². The van der Waals surface area contributed by atoms with E-state index in [1.807, 2.05) is 24.3 Å². The fourth-order valence-electron chi connectivity index (χ4n) is 2.84. The summed E-state index contributed by atoms with van der Waals surface area (Å²) in [5.41, 5.74) is 1.17. The summed E-state index contributed by atoms with van der Waals surface area (Å²) in [6.07, 6.45) is 3.86. The van der Waals surface area contributed by atoms with Crippen LogP contribution >= 0.6 is 11.6 Å². The van der Waals surface area contributed by atoms with Crippen LogP contribution in [0, 0.1) is 0 Å². The van der Waals surface area contributed by atoms with Crippen LogP contribution in [-0.4, -0.2) is 31.2 Å². The number of methoxy groups -OCH3 is 1. The monoisotopic (exact) mass is 317 g/mol. The number of para-hydroxylation sites is 2. The Kier molecular flexibility index (Phi) is 4.68. The zero-order valence-corrected chi connectivity index (χ0v) is 13.4. The topological polar surface area (TPSA) is 37.4 Å². The van der Waals surface area contributed by atoms with Gasteiger partial charge in [-0.3, -0.25) is 0 Å². The van der Waals surface area contributed by atoms with Gasteiger partial charge in [-0.25, -0.2) is 4.98 Å². The van der Waals surface area contributed by atoms with Gasteiger partial charge in [0.05, 0.1) is 17.8 Å². The molecule has 3 rings (SSSR count). The molecule has 1 aromatic heterocycles. The molecule has 0 spiro atoms. The quantitative estimate of drug-likeness (QED) is 0.930. The Balaban J connectivity index is 1.62. The van der Waals surface area contributed by atoms with Crippen LogP contribution < -0.4 is 15.0 Å². The molecule has 1 aliphatic heterocycles. The molecule has 2 aromatic rings. The van der Waals surface area contributed by atoms with Crippen LogP contribution in [0.3, 0.4) is 0 Å². The van der Waals surface area contributed by atoms with Crippen molar-refractivity contribution < 1.29 is 4.74 Å². The number of piperidine rings is 1. The molecule has 22 heavy (non-hydrogen) atoms. The van der Waals surface area contributed by atoms with Crippen molar-refractivity contribution in [2.45, 2.75) is 18.9 Å². The molecule has 1 fully saturated rings. The molecule has 0 atom stereocenters. The predicted molar refractivity (Wildman–Crippen MR) is 91.1 cm³/mol. The molecule has 1 N–H and O–H groups in total. The maximum Gasteiger partial charge on any atom is 0.144 e. The van der Waals surface area contributed by atoms with Crippen molar-refractivity contribution in [3.05, 3.63) is 47.6 Å². The van der Waals surface area contributed by atoms with Gasteiger partial charge in [0, 0.05) is 25.3 Å². The Hall–Kier alpha value is -1.94. The van der Waals surface area contributed by atoms with Gasteiger partial charge >= 0.3 is 0 Å². The van der Waals surface area contributed by atoms with Gasteiger partial charge in [0.15, 0.2) is 0 Å². The fourth-order valence-corrected chi connectivity index (χ4v) is 3.02. The normalized spacial score (nSPS) is 15.6. The molecule has 5 heteroatoms. The lowest BCUT2D eigenvalue weighted by Crippen LogP contribution is -2.39. The Morgan fingerprint density at radius 2 is 1.95 bits per heavy atom. The highest BCUT2D eigenvalue weighted by atomic mass is 35.5. The third-order valence-electron chi connectivity index (χ3n) is 4.02. The Morgan fingerprint density at radius 1 is 1.18 bits per heavy atom. The predicted octanol–water partition coefficient (Wildman–Crippen LogP) is 3.82. The molecule has 0 unspecified atom stereocenters. The molecule has 1 aliphatic rings. The third-order valence-corrected chi connectivity index (χ3v) is 4.33. The number of nitrogens with one attached hydrogen (secondary N) is 1. The van der Waals surface area contributed by atoms with E-state index in [0.717, 1.165) is 37.5 Å². The van der Waals surface area contributed by atoms with Gasteiger partial charge in [-0.2, -0.15) is 0 Å². The number of anilines is 2. The van der Waals surface area contributed by atoms with Crippen molar-refractivity contribution >= 4 is 23.1 Å². The van der Waals surface area contributed by atoms with Gasteiger partial charge < -0.3 is 15.0 Å². The summed E-state index contributed by atoms with van der Waals surface area (Å²) in [4.78, 5) is 6.67. The summed E-state index contributed by atoms with van der Waals surface area (Å²) in [5, 5.41) is 4.12. The van der Waals surface area contributed by atoms with Crippen molar-refractivity contribution in [1.29, 1.82) is 0 Å². The third kappa shape index (κ3) is 3.28. The Bertz CT molecular complexity index is 627. The minimum Gasteiger partial charge on any atom is -0.495 e. The summed E-state index contributed by atoms with van der Waals surface area (Å²) in [6, 6.07) is 12.3. The second-order valence-electron chi connectivity index (χ2n) is 5.41. The molecule has 0 amide bonds. The van der Waals surface area contributed by atoms with Gasteiger partial charge in [0.25, 0.3) is 0 Å². The van der Waals surface area contributed by atoms with Crippen molar-refractivity contribution in [3.63, 3.8) is 0 Å². The molecule has 0 radical (unpaired) electrons. The van der Waals surface area contributed by atoms with Crippen LogP contribution in [0.15, 0.2) is 42.6 Å². The Labute approximate surface area is 136 Å². The summed E-state index contributed by atoms with van der Waals surface area (Å²) in [7, 11) is 1.72. The first-order chi connectivity index (χ1) is 10.8. The number of hydrogen-bond donors (Lipinski definition) is 1. The first-order valence-corrected chi connectivity index (χ1v) is 7.91. The number of pyridine rings is 1. The van der Waals surface area contributed by atoms with E-state index in [9.17, 15) is 0 Å². The van der Waals surface area contributed by atoms with Crippen molar-refractivity contribution in [1.82, 2.24) is 4.98 Å². The van der Waals surface area contributed by atoms with Crippen molar-refractivity contribution in [2.24, 2.45) is 0 Å². The van der Waals surface area contributed by atoms with Gasteiger partial charge in [-0.15, -0.1) is 0 Å². The highest BCUT2D eigenvalue weighted by Gasteiger charge is 2.21. The number of benzene rings is 1. The zero-order valence-electron chi connectivity index (χ0n) is 12.6. The molecule has 1 saturated heterocycles. The lowest BCUT2D eigenvalue weighted by Gasteiger charge is -2.34. The molecular formula is C17H20ClN3O. The van der Waals surface area contributed by atoms with Gasteiger partial charge in [0.2, 0.25) is 0 Å². The van der Waals surface area contributed by atoms with E-state index in [-0.39, 0.29) is 0 Å². The largest absolute Gasteiger partial charge is 0.495 e. The van der Waals surface area contributed by atoms with E-state index < -0.39 is 0 Å². The van der Waals surface area contributed by atoms with Gasteiger partial charge in [-0.05, 0) is 37.1 Å². The molecule has 0 bridgehead atoms.